The van der Waals surface area contributed by atoms with Gasteiger partial charge >= 0.3 is 0 Å². The normalized spacial score (nSPS) is 12.8. The topological polar surface area (TPSA) is 62.5 Å². The van der Waals surface area contributed by atoms with E-state index in [2.05, 4.69) is 32.6 Å². The fourth-order valence-electron chi connectivity index (χ4n) is 4.45. The molecule has 0 spiro atoms. The van der Waals surface area contributed by atoms with E-state index in [1.165, 1.54) is 4.31 Å². The highest BCUT2D eigenvalue weighted by molar-refractivity contribution is 9.10. The van der Waals surface area contributed by atoms with Gasteiger partial charge in [0, 0.05) is 26.3 Å². The molecule has 0 amide bonds. The third kappa shape index (κ3) is 4.59. The van der Waals surface area contributed by atoms with Gasteiger partial charge in [-0.25, -0.2) is 8.42 Å². The maximum atomic E-state index is 13.7. The van der Waals surface area contributed by atoms with Gasteiger partial charge in [0.1, 0.15) is 0 Å². The van der Waals surface area contributed by atoms with E-state index in [0.717, 1.165) is 31.8 Å². The Morgan fingerprint density at radius 3 is 1.94 bits per heavy atom. The SMILES string of the molecule is Cc1ccc(S(=O)(=O)N(C[C@H](O)Cn2c3ccccc3c3ccccc32)c2ccc(Br)cc2)cc1. The van der Waals surface area contributed by atoms with E-state index >= 15 is 0 Å². The molecule has 5 aromatic rings. The molecule has 0 unspecified atom stereocenters. The summed E-state index contributed by atoms with van der Waals surface area (Å²) >= 11 is 3.41. The minimum Gasteiger partial charge on any atom is -0.389 e. The minimum atomic E-state index is -3.89. The lowest BCUT2D eigenvalue weighted by Crippen LogP contribution is -2.39. The molecule has 1 heterocycles. The van der Waals surface area contributed by atoms with Gasteiger partial charge in [-0.05, 0) is 55.5 Å². The molecule has 0 bridgehead atoms. The first-order valence-corrected chi connectivity index (χ1v) is 13.6. The van der Waals surface area contributed by atoms with Gasteiger partial charge in [-0.1, -0.05) is 70.0 Å². The molecule has 178 valence electrons. The molecule has 0 saturated heterocycles. The Morgan fingerprint density at radius 1 is 0.829 bits per heavy atom. The summed E-state index contributed by atoms with van der Waals surface area (Å²) in [6.45, 7) is 2.08. The Labute approximate surface area is 213 Å². The molecular formula is C28H25BrN2O3S. The van der Waals surface area contributed by atoms with Crippen LogP contribution in [0.2, 0.25) is 0 Å². The fraction of sp³-hybridized carbons (Fsp3) is 0.143. The molecule has 0 aliphatic carbocycles. The van der Waals surface area contributed by atoms with Gasteiger partial charge in [0.05, 0.1) is 29.8 Å². The standard InChI is InChI=1S/C28H25BrN2O3S/c1-20-10-16-24(17-11-20)35(33,34)31(22-14-12-21(29)13-15-22)19-23(32)18-30-27-8-4-2-6-25(27)26-7-3-5-9-28(26)30/h2-17,23,32H,18-19H2,1H3/t23-/m1/s1. The van der Waals surface area contributed by atoms with Gasteiger partial charge in [-0.2, -0.15) is 0 Å². The van der Waals surface area contributed by atoms with Crippen LogP contribution in [-0.2, 0) is 16.6 Å². The summed E-state index contributed by atoms with van der Waals surface area (Å²) in [7, 11) is -3.89. The molecule has 7 heteroatoms. The summed E-state index contributed by atoms with van der Waals surface area (Å²) in [6.07, 6.45) is -0.946. The second kappa shape index (κ2) is 9.49. The average molecular weight is 549 g/mol. The number of fused-ring (bicyclic) bond motifs is 3. The maximum Gasteiger partial charge on any atom is 0.264 e. The Kier molecular flexibility index (Phi) is 6.40. The Hall–Kier alpha value is -3.13. The van der Waals surface area contributed by atoms with Crippen LogP contribution in [0.4, 0.5) is 5.69 Å². The van der Waals surface area contributed by atoms with Crippen molar-refractivity contribution in [3.63, 3.8) is 0 Å². The number of rotatable bonds is 7. The molecule has 1 aromatic heterocycles. The zero-order chi connectivity index (χ0) is 24.6. The number of hydrogen-bond acceptors (Lipinski definition) is 3. The van der Waals surface area contributed by atoms with Crippen molar-refractivity contribution in [2.75, 3.05) is 10.8 Å². The van der Waals surface area contributed by atoms with Crippen molar-refractivity contribution in [1.29, 1.82) is 0 Å². The van der Waals surface area contributed by atoms with Crippen molar-refractivity contribution in [2.24, 2.45) is 0 Å². The summed E-state index contributed by atoms with van der Waals surface area (Å²) < 4.78 is 31.6. The lowest BCUT2D eigenvalue weighted by atomic mass is 10.2. The molecule has 0 saturated carbocycles. The van der Waals surface area contributed by atoms with E-state index < -0.39 is 16.1 Å². The van der Waals surface area contributed by atoms with Gasteiger partial charge < -0.3 is 9.67 Å². The Morgan fingerprint density at radius 2 is 1.37 bits per heavy atom. The summed E-state index contributed by atoms with van der Waals surface area (Å²) in [6, 6.07) is 30.0. The molecule has 5 nitrogen and oxygen atoms in total. The van der Waals surface area contributed by atoms with Gasteiger partial charge in [0.15, 0.2) is 0 Å². The van der Waals surface area contributed by atoms with Crippen LogP contribution in [0.25, 0.3) is 21.8 Å². The zero-order valence-electron chi connectivity index (χ0n) is 19.2. The van der Waals surface area contributed by atoms with E-state index in [1.807, 2.05) is 43.3 Å². The van der Waals surface area contributed by atoms with E-state index in [4.69, 9.17) is 0 Å². The van der Waals surface area contributed by atoms with Crippen LogP contribution in [0, 0.1) is 6.92 Å². The fourth-order valence-corrected chi connectivity index (χ4v) is 6.21. The molecule has 35 heavy (non-hydrogen) atoms. The largest absolute Gasteiger partial charge is 0.389 e. The highest BCUT2D eigenvalue weighted by Crippen LogP contribution is 2.30. The molecule has 0 aliphatic heterocycles. The highest BCUT2D eigenvalue weighted by atomic mass is 79.9. The number of anilines is 1. The van der Waals surface area contributed by atoms with Gasteiger partial charge in [0.2, 0.25) is 0 Å². The number of sulfonamides is 1. The van der Waals surface area contributed by atoms with Crippen molar-refractivity contribution < 1.29 is 13.5 Å². The molecular weight excluding hydrogens is 524 g/mol. The number of halogens is 1. The van der Waals surface area contributed by atoms with Crippen molar-refractivity contribution in [2.45, 2.75) is 24.5 Å². The van der Waals surface area contributed by atoms with Crippen LogP contribution in [0.1, 0.15) is 5.56 Å². The number of benzene rings is 4. The Balaban J connectivity index is 1.53. The average Bonchev–Trinajstić information content (AvgIpc) is 3.17. The number of aromatic nitrogens is 1. The summed E-state index contributed by atoms with van der Waals surface area (Å²) in [5.74, 6) is 0. The van der Waals surface area contributed by atoms with Gasteiger partial charge in [-0.15, -0.1) is 0 Å². The third-order valence-corrected chi connectivity index (χ3v) is 8.51. The van der Waals surface area contributed by atoms with E-state index in [1.54, 1.807) is 48.5 Å². The van der Waals surface area contributed by atoms with Crippen LogP contribution in [0.15, 0.2) is 106 Å². The van der Waals surface area contributed by atoms with Crippen LogP contribution < -0.4 is 4.31 Å². The van der Waals surface area contributed by atoms with Crippen molar-refractivity contribution in [3.05, 3.63) is 107 Å². The van der Waals surface area contributed by atoms with E-state index in [9.17, 15) is 13.5 Å². The monoisotopic (exact) mass is 548 g/mol. The molecule has 0 radical (unpaired) electrons. The number of aryl methyl sites for hydroxylation is 1. The maximum absolute atomic E-state index is 13.7. The first-order chi connectivity index (χ1) is 16.8. The van der Waals surface area contributed by atoms with Crippen molar-refractivity contribution in [1.82, 2.24) is 4.57 Å². The molecule has 4 aromatic carbocycles. The second-order valence-corrected chi connectivity index (χ2v) is 11.4. The molecule has 0 aliphatic rings. The minimum absolute atomic E-state index is 0.0846. The number of para-hydroxylation sites is 2. The zero-order valence-corrected chi connectivity index (χ0v) is 21.6. The number of aliphatic hydroxyl groups excluding tert-OH is 1. The van der Waals surface area contributed by atoms with E-state index in [0.29, 0.717) is 5.69 Å². The molecule has 1 atom stereocenters. The predicted molar refractivity (Wildman–Crippen MR) is 145 cm³/mol. The molecule has 5 rings (SSSR count). The highest BCUT2D eigenvalue weighted by Gasteiger charge is 2.28. The number of nitrogens with zero attached hydrogens (tertiary/aromatic N) is 2. The van der Waals surface area contributed by atoms with Gasteiger partial charge in [0.25, 0.3) is 10.0 Å². The lowest BCUT2D eigenvalue weighted by Gasteiger charge is -2.27. The predicted octanol–water partition coefficient (Wildman–Crippen LogP) is 6.12. The molecule has 0 fully saturated rings. The van der Waals surface area contributed by atoms with Crippen LogP contribution in [0.3, 0.4) is 0 Å². The second-order valence-electron chi connectivity index (χ2n) is 8.62. The van der Waals surface area contributed by atoms with Gasteiger partial charge in [-0.3, -0.25) is 4.31 Å². The first-order valence-electron chi connectivity index (χ1n) is 11.3. The summed E-state index contributed by atoms with van der Waals surface area (Å²) in [5.41, 5.74) is 3.48. The van der Waals surface area contributed by atoms with Crippen LogP contribution in [-0.4, -0.2) is 30.7 Å². The van der Waals surface area contributed by atoms with Crippen LogP contribution >= 0.6 is 15.9 Å². The van der Waals surface area contributed by atoms with E-state index in [-0.39, 0.29) is 18.0 Å². The summed E-state index contributed by atoms with van der Waals surface area (Å²) in [4.78, 5) is 0.190. The first kappa shape index (κ1) is 23.6. The number of hydrogen-bond donors (Lipinski definition) is 1. The quantitative estimate of drug-likeness (QED) is 0.266. The Bertz CT molecular complexity index is 1540. The lowest BCUT2D eigenvalue weighted by molar-refractivity contribution is 0.166. The van der Waals surface area contributed by atoms with Crippen LogP contribution in [0.5, 0.6) is 0 Å². The smallest absolute Gasteiger partial charge is 0.264 e. The summed E-state index contributed by atoms with van der Waals surface area (Å²) in [5, 5.41) is 13.5. The number of aliphatic hydroxyl groups is 1. The molecule has 1 N–H and O–H groups in total. The van der Waals surface area contributed by atoms with Crippen molar-refractivity contribution in [3.8, 4) is 0 Å². The van der Waals surface area contributed by atoms with Crippen molar-refractivity contribution >= 4 is 53.4 Å². The third-order valence-electron chi connectivity index (χ3n) is 6.17.